The lowest BCUT2D eigenvalue weighted by Crippen LogP contribution is -2.35. The lowest BCUT2D eigenvalue weighted by molar-refractivity contribution is -0.385. The van der Waals surface area contributed by atoms with Crippen LogP contribution in [0.25, 0.3) is 0 Å². The smallest absolute Gasteiger partial charge is 0.332 e. The molecule has 7 heteroatoms. The molecule has 1 aliphatic heterocycles. The first-order valence-electron chi connectivity index (χ1n) is 6.02. The van der Waals surface area contributed by atoms with Gasteiger partial charge in [0.15, 0.2) is 0 Å². The maximum atomic E-state index is 11.1. The first-order valence-corrected chi connectivity index (χ1v) is 6.02. The Morgan fingerprint density at radius 2 is 2.22 bits per heavy atom. The number of nitrogen functional groups attached to an aromatic ring is 1. The third kappa shape index (κ3) is 2.34. The Labute approximate surface area is 105 Å². The average molecular weight is 251 g/mol. The topological polar surface area (TPSA) is 98.2 Å². The summed E-state index contributed by atoms with van der Waals surface area (Å²) in [5.41, 5.74) is 5.89. The molecule has 1 saturated heterocycles. The Hall–Kier alpha value is -1.92. The summed E-state index contributed by atoms with van der Waals surface area (Å²) in [5.74, 6) is 0.956. The predicted octanol–water partition coefficient (Wildman–Crippen LogP) is 1.51. The standard InChI is InChI=1S/C11H17N5O2/c1-7-4-3-5-15(6-7)10-9(16(17)18)8(2)13-11(12)14-10/h7H,3-6H2,1-2H3,(H2,12,13,14). The van der Waals surface area contributed by atoms with Gasteiger partial charge in [-0.1, -0.05) is 6.92 Å². The van der Waals surface area contributed by atoms with E-state index in [4.69, 9.17) is 5.73 Å². The summed E-state index contributed by atoms with van der Waals surface area (Å²) in [5, 5.41) is 11.1. The quantitative estimate of drug-likeness (QED) is 0.632. The van der Waals surface area contributed by atoms with Gasteiger partial charge >= 0.3 is 5.69 Å². The molecule has 0 aromatic carbocycles. The number of hydrogen-bond acceptors (Lipinski definition) is 6. The molecule has 1 atom stereocenters. The fraction of sp³-hybridized carbons (Fsp3) is 0.636. The Kier molecular flexibility index (Phi) is 3.31. The zero-order valence-corrected chi connectivity index (χ0v) is 10.6. The summed E-state index contributed by atoms with van der Waals surface area (Å²) < 4.78 is 0. The third-order valence-electron chi connectivity index (χ3n) is 3.20. The maximum absolute atomic E-state index is 11.1. The molecule has 0 bridgehead atoms. The second-order valence-corrected chi connectivity index (χ2v) is 4.79. The van der Waals surface area contributed by atoms with Gasteiger partial charge in [-0.05, 0) is 25.7 Å². The van der Waals surface area contributed by atoms with E-state index in [1.54, 1.807) is 6.92 Å². The Morgan fingerprint density at radius 3 is 2.83 bits per heavy atom. The summed E-state index contributed by atoms with van der Waals surface area (Å²) in [4.78, 5) is 20.6. The molecule has 1 aliphatic rings. The molecule has 1 unspecified atom stereocenters. The monoisotopic (exact) mass is 251 g/mol. The molecule has 1 aromatic heterocycles. The molecule has 1 fully saturated rings. The van der Waals surface area contributed by atoms with E-state index in [2.05, 4.69) is 16.9 Å². The minimum Gasteiger partial charge on any atom is -0.368 e. The maximum Gasteiger partial charge on any atom is 0.332 e. The SMILES string of the molecule is Cc1nc(N)nc(N2CCCC(C)C2)c1[N+](=O)[O-]. The number of rotatable bonds is 2. The molecule has 98 valence electrons. The van der Waals surface area contributed by atoms with Crippen LogP contribution >= 0.6 is 0 Å². The first-order chi connectivity index (χ1) is 8.49. The molecule has 2 heterocycles. The molecule has 0 spiro atoms. The third-order valence-corrected chi connectivity index (χ3v) is 3.20. The van der Waals surface area contributed by atoms with Gasteiger partial charge in [0, 0.05) is 13.1 Å². The predicted molar refractivity (Wildman–Crippen MR) is 68.4 cm³/mol. The summed E-state index contributed by atoms with van der Waals surface area (Å²) in [6.45, 7) is 5.28. The molecular weight excluding hydrogens is 234 g/mol. The van der Waals surface area contributed by atoms with Gasteiger partial charge in [-0.2, -0.15) is 4.98 Å². The van der Waals surface area contributed by atoms with E-state index in [0.717, 1.165) is 25.9 Å². The lowest BCUT2D eigenvalue weighted by atomic mass is 10.0. The van der Waals surface area contributed by atoms with Crippen LogP contribution in [0.5, 0.6) is 0 Å². The number of nitrogens with zero attached hydrogens (tertiary/aromatic N) is 4. The van der Waals surface area contributed by atoms with Gasteiger partial charge in [-0.15, -0.1) is 0 Å². The molecule has 2 N–H and O–H groups in total. The van der Waals surface area contributed by atoms with E-state index < -0.39 is 4.92 Å². The van der Waals surface area contributed by atoms with Gasteiger partial charge in [0.05, 0.1) is 4.92 Å². The van der Waals surface area contributed by atoms with Crippen LogP contribution in [-0.4, -0.2) is 28.0 Å². The summed E-state index contributed by atoms with van der Waals surface area (Å²) >= 11 is 0. The number of nitro groups is 1. The Morgan fingerprint density at radius 1 is 1.50 bits per heavy atom. The molecule has 18 heavy (non-hydrogen) atoms. The molecule has 1 aromatic rings. The zero-order chi connectivity index (χ0) is 13.3. The van der Waals surface area contributed by atoms with Gasteiger partial charge in [0.2, 0.25) is 11.8 Å². The van der Waals surface area contributed by atoms with Gasteiger partial charge in [-0.3, -0.25) is 10.1 Å². The molecule has 7 nitrogen and oxygen atoms in total. The first kappa shape index (κ1) is 12.5. The van der Waals surface area contributed by atoms with Gasteiger partial charge in [0.25, 0.3) is 0 Å². The lowest BCUT2D eigenvalue weighted by Gasteiger charge is -2.31. The van der Waals surface area contributed by atoms with Crippen LogP contribution in [0.1, 0.15) is 25.5 Å². The van der Waals surface area contributed by atoms with E-state index in [9.17, 15) is 10.1 Å². The molecule has 0 radical (unpaired) electrons. The van der Waals surface area contributed by atoms with Gasteiger partial charge < -0.3 is 10.6 Å². The number of anilines is 2. The van der Waals surface area contributed by atoms with Crippen LogP contribution in [0, 0.1) is 23.0 Å². The summed E-state index contributed by atoms with van der Waals surface area (Å²) in [6, 6.07) is 0. The highest BCUT2D eigenvalue weighted by atomic mass is 16.6. The zero-order valence-electron chi connectivity index (χ0n) is 10.6. The minimum absolute atomic E-state index is 0.0294. The fourth-order valence-electron chi connectivity index (χ4n) is 2.39. The van der Waals surface area contributed by atoms with Crippen molar-refractivity contribution in [1.82, 2.24) is 9.97 Å². The van der Waals surface area contributed by atoms with Crippen molar-refractivity contribution in [2.75, 3.05) is 23.7 Å². The van der Waals surface area contributed by atoms with E-state index in [1.165, 1.54) is 0 Å². The van der Waals surface area contributed by atoms with Crippen molar-refractivity contribution in [2.24, 2.45) is 5.92 Å². The van der Waals surface area contributed by atoms with Crippen molar-refractivity contribution >= 4 is 17.5 Å². The van der Waals surface area contributed by atoms with E-state index in [1.807, 2.05) is 4.90 Å². The number of aryl methyl sites for hydroxylation is 1. The van der Waals surface area contributed by atoms with Crippen molar-refractivity contribution in [2.45, 2.75) is 26.7 Å². The Balaban J connectivity index is 2.44. The van der Waals surface area contributed by atoms with Crippen LogP contribution in [0.3, 0.4) is 0 Å². The second kappa shape index (κ2) is 4.75. The number of piperidine rings is 1. The van der Waals surface area contributed by atoms with Crippen LogP contribution in [0.2, 0.25) is 0 Å². The normalized spacial score (nSPS) is 19.9. The highest BCUT2D eigenvalue weighted by Crippen LogP contribution is 2.31. The highest BCUT2D eigenvalue weighted by molar-refractivity contribution is 5.62. The summed E-state index contributed by atoms with van der Waals surface area (Å²) in [6.07, 6.45) is 2.16. The molecule has 2 rings (SSSR count). The number of hydrogen-bond donors (Lipinski definition) is 1. The molecule has 0 aliphatic carbocycles. The van der Waals surface area contributed by atoms with Crippen molar-refractivity contribution in [1.29, 1.82) is 0 Å². The average Bonchev–Trinajstić information content (AvgIpc) is 2.27. The highest BCUT2D eigenvalue weighted by Gasteiger charge is 2.28. The molecule has 0 saturated carbocycles. The van der Waals surface area contributed by atoms with Crippen molar-refractivity contribution < 1.29 is 4.92 Å². The van der Waals surface area contributed by atoms with Gasteiger partial charge in [0.1, 0.15) is 5.69 Å². The molecule has 0 amide bonds. The van der Waals surface area contributed by atoms with Crippen molar-refractivity contribution in [3.8, 4) is 0 Å². The van der Waals surface area contributed by atoms with Crippen molar-refractivity contribution in [3.05, 3.63) is 15.8 Å². The van der Waals surface area contributed by atoms with E-state index in [-0.39, 0.29) is 11.6 Å². The fourth-order valence-corrected chi connectivity index (χ4v) is 2.39. The van der Waals surface area contributed by atoms with Crippen LogP contribution in [0.15, 0.2) is 0 Å². The number of aromatic nitrogens is 2. The van der Waals surface area contributed by atoms with Crippen LogP contribution in [-0.2, 0) is 0 Å². The number of nitrogens with two attached hydrogens (primary N) is 1. The molecular formula is C11H17N5O2. The minimum atomic E-state index is -0.427. The van der Waals surface area contributed by atoms with Crippen LogP contribution < -0.4 is 10.6 Å². The Bertz CT molecular complexity index is 477. The second-order valence-electron chi connectivity index (χ2n) is 4.79. The van der Waals surface area contributed by atoms with E-state index >= 15 is 0 Å². The van der Waals surface area contributed by atoms with E-state index in [0.29, 0.717) is 17.4 Å². The van der Waals surface area contributed by atoms with Gasteiger partial charge in [-0.25, -0.2) is 4.98 Å². The van der Waals surface area contributed by atoms with Crippen molar-refractivity contribution in [3.63, 3.8) is 0 Å². The largest absolute Gasteiger partial charge is 0.368 e. The summed E-state index contributed by atoms with van der Waals surface area (Å²) in [7, 11) is 0. The van der Waals surface area contributed by atoms with Crippen LogP contribution in [0.4, 0.5) is 17.5 Å².